The number of nitrogens with zero attached hydrogens (tertiary/aromatic N) is 3. The van der Waals surface area contributed by atoms with Crippen LogP contribution >= 0.6 is 11.8 Å². The van der Waals surface area contributed by atoms with E-state index in [9.17, 15) is 9.59 Å². The predicted molar refractivity (Wildman–Crippen MR) is 105 cm³/mol. The van der Waals surface area contributed by atoms with E-state index in [0.717, 1.165) is 22.9 Å². The van der Waals surface area contributed by atoms with Crippen LogP contribution in [0.2, 0.25) is 0 Å². The number of H-pyrrole nitrogens is 1. The summed E-state index contributed by atoms with van der Waals surface area (Å²) < 4.78 is 3.26. The molecular weight excluding hydrogens is 336 g/mol. The molecule has 0 saturated carbocycles. The molecule has 0 aliphatic carbocycles. The van der Waals surface area contributed by atoms with Gasteiger partial charge in [-0.2, -0.15) is 0 Å². The number of aryl methyl sites for hydroxylation is 1. The number of imidazole rings is 1. The Morgan fingerprint density at radius 2 is 1.88 bits per heavy atom. The van der Waals surface area contributed by atoms with E-state index in [0.29, 0.717) is 17.7 Å². The van der Waals surface area contributed by atoms with Crippen molar-refractivity contribution in [2.75, 3.05) is 5.75 Å². The van der Waals surface area contributed by atoms with E-state index >= 15 is 0 Å². The van der Waals surface area contributed by atoms with E-state index in [1.807, 2.05) is 11.5 Å². The lowest BCUT2D eigenvalue weighted by atomic mass is 10.1. The van der Waals surface area contributed by atoms with E-state index in [-0.39, 0.29) is 0 Å². The lowest BCUT2D eigenvalue weighted by molar-refractivity contribution is 0.626. The van der Waals surface area contributed by atoms with Crippen LogP contribution < -0.4 is 11.2 Å². The number of unbranched alkanes of at least 4 members (excludes halogenated alkanes) is 5. The van der Waals surface area contributed by atoms with Crippen LogP contribution in [0.25, 0.3) is 11.2 Å². The Morgan fingerprint density at radius 3 is 2.56 bits per heavy atom. The maximum atomic E-state index is 12.3. The number of allylic oxidation sites excluding steroid dienone is 1. The molecule has 0 amide bonds. The lowest BCUT2D eigenvalue weighted by Gasteiger charge is -2.08. The fourth-order valence-electron chi connectivity index (χ4n) is 2.79. The summed E-state index contributed by atoms with van der Waals surface area (Å²) >= 11 is 1.64. The standard InChI is InChI=1S/C18H28N4O2S/c1-5-6-7-8-9-10-11-25-18-19-15-14(22(18)12-13(2)3)16(23)20-17(24)21(15)4/h2,5-12H2,1,3-4H3,(H,20,23,24). The molecule has 138 valence electrons. The molecule has 0 aliphatic heterocycles. The fourth-order valence-corrected chi connectivity index (χ4v) is 3.78. The average molecular weight is 365 g/mol. The number of hydrogen-bond acceptors (Lipinski definition) is 4. The van der Waals surface area contributed by atoms with Crippen LogP contribution in [0.15, 0.2) is 26.9 Å². The van der Waals surface area contributed by atoms with E-state index in [4.69, 9.17) is 0 Å². The Labute approximate surface area is 152 Å². The summed E-state index contributed by atoms with van der Waals surface area (Å²) in [6, 6.07) is 0. The van der Waals surface area contributed by atoms with Gasteiger partial charge in [0, 0.05) is 19.3 Å². The van der Waals surface area contributed by atoms with Crippen molar-refractivity contribution >= 4 is 22.9 Å². The summed E-state index contributed by atoms with van der Waals surface area (Å²) in [6.07, 6.45) is 7.47. The molecule has 0 unspecified atom stereocenters. The van der Waals surface area contributed by atoms with E-state index < -0.39 is 11.2 Å². The fraction of sp³-hybridized carbons (Fsp3) is 0.611. The van der Waals surface area contributed by atoms with Gasteiger partial charge in [0.25, 0.3) is 5.56 Å². The number of nitrogens with one attached hydrogen (secondary N) is 1. The molecule has 0 radical (unpaired) electrons. The molecule has 0 bridgehead atoms. The third-order valence-electron chi connectivity index (χ3n) is 4.13. The minimum Gasteiger partial charge on any atom is -0.309 e. The number of thioether (sulfide) groups is 1. The van der Waals surface area contributed by atoms with Gasteiger partial charge in [0.05, 0.1) is 0 Å². The Balaban J connectivity index is 2.19. The molecule has 7 heteroatoms. The average Bonchev–Trinajstić information content (AvgIpc) is 2.90. The summed E-state index contributed by atoms with van der Waals surface area (Å²) in [6.45, 7) is 8.61. The van der Waals surface area contributed by atoms with Crippen molar-refractivity contribution in [3.05, 3.63) is 33.0 Å². The van der Waals surface area contributed by atoms with Gasteiger partial charge < -0.3 is 4.57 Å². The van der Waals surface area contributed by atoms with Crippen LogP contribution in [0, 0.1) is 0 Å². The summed E-state index contributed by atoms with van der Waals surface area (Å²) in [7, 11) is 1.63. The molecule has 0 aromatic carbocycles. The van der Waals surface area contributed by atoms with Crippen LogP contribution in [-0.4, -0.2) is 24.9 Å². The van der Waals surface area contributed by atoms with Gasteiger partial charge in [-0.25, -0.2) is 9.78 Å². The first kappa shape index (κ1) is 19.6. The molecular formula is C18H28N4O2S. The van der Waals surface area contributed by atoms with Gasteiger partial charge in [-0.05, 0) is 13.3 Å². The van der Waals surface area contributed by atoms with Gasteiger partial charge in [-0.15, -0.1) is 0 Å². The van der Waals surface area contributed by atoms with Gasteiger partial charge in [0.1, 0.15) is 0 Å². The van der Waals surface area contributed by atoms with Crippen LogP contribution in [-0.2, 0) is 13.6 Å². The SMILES string of the molecule is C=C(C)Cn1c(SCCCCCCCC)nc2c1c(=O)[nH]c(=O)n2C. The summed E-state index contributed by atoms with van der Waals surface area (Å²) in [5, 5.41) is 0.776. The Bertz CT molecular complexity index is 847. The second kappa shape index (κ2) is 9.08. The molecule has 6 nitrogen and oxygen atoms in total. The molecule has 2 aromatic heterocycles. The summed E-state index contributed by atoms with van der Waals surface area (Å²) in [5.74, 6) is 0.956. The Hall–Kier alpha value is -1.76. The highest BCUT2D eigenvalue weighted by Crippen LogP contribution is 2.23. The quantitative estimate of drug-likeness (QED) is 0.398. The highest BCUT2D eigenvalue weighted by Gasteiger charge is 2.17. The second-order valence-electron chi connectivity index (χ2n) is 6.54. The third-order valence-corrected chi connectivity index (χ3v) is 5.19. The minimum absolute atomic E-state index is 0.390. The van der Waals surface area contributed by atoms with Crippen molar-refractivity contribution in [3.63, 3.8) is 0 Å². The highest BCUT2D eigenvalue weighted by molar-refractivity contribution is 7.99. The molecule has 0 fully saturated rings. The van der Waals surface area contributed by atoms with Crippen molar-refractivity contribution in [3.8, 4) is 0 Å². The van der Waals surface area contributed by atoms with Crippen LogP contribution in [0.4, 0.5) is 0 Å². The molecule has 0 spiro atoms. The molecule has 1 N–H and O–H groups in total. The van der Waals surface area contributed by atoms with E-state index in [2.05, 4.69) is 23.5 Å². The largest absolute Gasteiger partial charge is 0.329 e. The summed E-state index contributed by atoms with van der Waals surface area (Å²) in [4.78, 5) is 31.0. The zero-order valence-corrected chi connectivity index (χ0v) is 16.2. The van der Waals surface area contributed by atoms with E-state index in [1.165, 1.54) is 36.7 Å². The number of aromatic amines is 1. The first-order valence-electron chi connectivity index (χ1n) is 8.92. The third kappa shape index (κ3) is 4.87. The smallest absolute Gasteiger partial charge is 0.309 e. The van der Waals surface area contributed by atoms with Gasteiger partial charge in [-0.1, -0.05) is 62.9 Å². The van der Waals surface area contributed by atoms with Crippen molar-refractivity contribution in [1.82, 2.24) is 19.1 Å². The first-order chi connectivity index (χ1) is 12.0. The van der Waals surface area contributed by atoms with Crippen LogP contribution in [0.3, 0.4) is 0 Å². The molecule has 2 rings (SSSR count). The summed E-state index contributed by atoms with van der Waals surface area (Å²) in [5.41, 5.74) is 0.980. The maximum Gasteiger partial charge on any atom is 0.329 e. The molecule has 2 heterocycles. The van der Waals surface area contributed by atoms with Crippen molar-refractivity contribution in [1.29, 1.82) is 0 Å². The van der Waals surface area contributed by atoms with Crippen molar-refractivity contribution < 1.29 is 0 Å². The lowest BCUT2D eigenvalue weighted by Crippen LogP contribution is -2.29. The second-order valence-corrected chi connectivity index (χ2v) is 7.61. The van der Waals surface area contributed by atoms with Crippen molar-refractivity contribution in [2.45, 2.75) is 64.1 Å². The van der Waals surface area contributed by atoms with Gasteiger partial charge in [0.2, 0.25) is 0 Å². The molecule has 0 aliphatic rings. The predicted octanol–water partition coefficient (Wildman–Crippen LogP) is 3.45. The maximum absolute atomic E-state index is 12.3. The van der Waals surface area contributed by atoms with Crippen molar-refractivity contribution in [2.24, 2.45) is 7.05 Å². The normalized spacial score (nSPS) is 11.3. The molecule has 0 saturated heterocycles. The minimum atomic E-state index is -0.440. The molecule has 0 atom stereocenters. The van der Waals surface area contributed by atoms with Gasteiger partial charge in [0.15, 0.2) is 16.3 Å². The topological polar surface area (TPSA) is 72.7 Å². The Morgan fingerprint density at radius 1 is 1.20 bits per heavy atom. The molecule has 25 heavy (non-hydrogen) atoms. The van der Waals surface area contributed by atoms with Crippen LogP contribution in [0.1, 0.15) is 52.4 Å². The van der Waals surface area contributed by atoms with Gasteiger partial charge >= 0.3 is 5.69 Å². The van der Waals surface area contributed by atoms with Crippen LogP contribution in [0.5, 0.6) is 0 Å². The number of fused-ring (bicyclic) bond motifs is 1. The molecule has 2 aromatic rings. The number of rotatable bonds is 10. The zero-order chi connectivity index (χ0) is 18.4. The number of aromatic nitrogens is 4. The first-order valence-corrected chi connectivity index (χ1v) is 9.91. The van der Waals surface area contributed by atoms with Gasteiger partial charge in [-0.3, -0.25) is 14.3 Å². The van der Waals surface area contributed by atoms with E-state index in [1.54, 1.807) is 18.8 Å². The Kier molecular flexibility index (Phi) is 7.11. The highest BCUT2D eigenvalue weighted by atomic mass is 32.2. The monoisotopic (exact) mass is 364 g/mol. The zero-order valence-electron chi connectivity index (χ0n) is 15.4. The number of hydrogen-bond donors (Lipinski definition) is 1.